The summed E-state index contributed by atoms with van der Waals surface area (Å²) in [5.41, 5.74) is 7.22. The Labute approximate surface area is 111 Å². The number of ketones is 1. The molecule has 4 heteroatoms. The second-order valence-electron chi connectivity index (χ2n) is 3.98. The first-order chi connectivity index (χ1) is 9.17. The van der Waals surface area contributed by atoms with E-state index in [0.717, 1.165) is 0 Å². The second-order valence-corrected chi connectivity index (χ2v) is 3.98. The summed E-state index contributed by atoms with van der Waals surface area (Å²) in [7, 11) is 3.08. The lowest BCUT2D eigenvalue weighted by atomic mass is 10.0. The number of rotatable bonds is 4. The Morgan fingerprint density at radius 2 is 1.79 bits per heavy atom. The van der Waals surface area contributed by atoms with Gasteiger partial charge < -0.3 is 15.2 Å². The van der Waals surface area contributed by atoms with E-state index in [0.29, 0.717) is 28.3 Å². The molecule has 2 aromatic rings. The highest BCUT2D eigenvalue weighted by molar-refractivity contribution is 6.12. The van der Waals surface area contributed by atoms with Crippen LogP contribution in [-0.2, 0) is 0 Å². The molecule has 0 spiro atoms. The quantitative estimate of drug-likeness (QED) is 0.675. The van der Waals surface area contributed by atoms with Crippen LogP contribution in [0.1, 0.15) is 15.9 Å². The molecular weight excluding hydrogens is 242 g/mol. The van der Waals surface area contributed by atoms with Gasteiger partial charge in [-0.2, -0.15) is 0 Å². The smallest absolute Gasteiger partial charge is 0.195 e. The average molecular weight is 257 g/mol. The molecule has 0 saturated carbocycles. The average Bonchev–Trinajstić information content (AvgIpc) is 2.47. The van der Waals surface area contributed by atoms with Crippen LogP contribution < -0.4 is 15.2 Å². The third-order valence-electron chi connectivity index (χ3n) is 2.86. The number of methoxy groups -OCH3 is 2. The molecule has 2 N–H and O–H groups in total. The molecule has 0 aliphatic rings. The van der Waals surface area contributed by atoms with Gasteiger partial charge in [-0.1, -0.05) is 18.2 Å². The van der Waals surface area contributed by atoms with Crippen LogP contribution in [0.3, 0.4) is 0 Å². The number of hydrogen-bond donors (Lipinski definition) is 1. The van der Waals surface area contributed by atoms with E-state index in [1.54, 1.807) is 49.6 Å². The molecule has 19 heavy (non-hydrogen) atoms. The summed E-state index contributed by atoms with van der Waals surface area (Å²) >= 11 is 0. The maximum absolute atomic E-state index is 12.4. The van der Waals surface area contributed by atoms with Gasteiger partial charge in [0, 0.05) is 11.1 Å². The molecule has 0 aromatic heterocycles. The van der Waals surface area contributed by atoms with Gasteiger partial charge >= 0.3 is 0 Å². The van der Waals surface area contributed by atoms with E-state index in [2.05, 4.69) is 0 Å². The topological polar surface area (TPSA) is 61.5 Å². The molecule has 0 unspecified atom stereocenters. The Morgan fingerprint density at radius 3 is 2.47 bits per heavy atom. The molecule has 0 atom stereocenters. The van der Waals surface area contributed by atoms with E-state index < -0.39 is 0 Å². The zero-order chi connectivity index (χ0) is 13.8. The van der Waals surface area contributed by atoms with Crippen LogP contribution >= 0.6 is 0 Å². The number of benzene rings is 2. The van der Waals surface area contributed by atoms with Gasteiger partial charge in [0.1, 0.15) is 11.5 Å². The molecule has 0 radical (unpaired) electrons. The van der Waals surface area contributed by atoms with E-state index in [1.165, 1.54) is 7.11 Å². The van der Waals surface area contributed by atoms with Crippen molar-refractivity contribution in [1.82, 2.24) is 0 Å². The van der Waals surface area contributed by atoms with Crippen molar-refractivity contribution in [2.75, 3.05) is 20.0 Å². The number of carbonyl (C=O) groups is 1. The molecular formula is C15H15NO3. The first kappa shape index (κ1) is 13.0. The third-order valence-corrected chi connectivity index (χ3v) is 2.86. The minimum Gasteiger partial charge on any atom is -0.497 e. The first-order valence-electron chi connectivity index (χ1n) is 5.78. The lowest BCUT2D eigenvalue weighted by molar-refractivity contribution is 0.103. The minimum atomic E-state index is -0.157. The van der Waals surface area contributed by atoms with Gasteiger partial charge in [0.05, 0.1) is 19.9 Å². The highest BCUT2D eigenvalue weighted by atomic mass is 16.5. The largest absolute Gasteiger partial charge is 0.497 e. The lowest BCUT2D eigenvalue weighted by Crippen LogP contribution is -2.06. The number of hydrogen-bond acceptors (Lipinski definition) is 4. The zero-order valence-electron chi connectivity index (χ0n) is 10.8. The molecule has 0 heterocycles. The van der Waals surface area contributed by atoms with Crippen LogP contribution in [0.2, 0.25) is 0 Å². The highest BCUT2D eigenvalue weighted by Gasteiger charge is 2.15. The van der Waals surface area contributed by atoms with Gasteiger partial charge in [-0.3, -0.25) is 4.79 Å². The maximum atomic E-state index is 12.4. The Morgan fingerprint density at radius 1 is 1.05 bits per heavy atom. The van der Waals surface area contributed by atoms with Crippen LogP contribution in [0.4, 0.5) is 5.69 Å². The molecule has 98 valence electrons. The Hall–Kier alpha value is -2.49. The van der Waals surface area contributed by atoms with Crippen LogP contribution in [0.25, 0.3) is 0 Å². The summed E-state index contributed by atoms with van der Waals surface area (Å²) < 4.78 is 10.2. The summed E-state index contributed by atoms with van der Waals surface area (Å²) in [5.74, 6) is 0.969. The highest BCUT2D eigenvalue weighted by Crippen LogP contribution is 2.27. The van der Waals surface area contributed by atoms with Gasteiger partial charge in [-0.05, 0) is 24.3 Å². The van der Waals surface area contributed by atoms with Crippen molar-refractivity contribution < 1.29 is 14.3 Å². The molecule has 0 saturated heterocycles. The fourth-order valence-corrected chi connectivity index (χ4v) is 1.84. The molecule has 0 bridgehead atoms. The normalized spacial score (nSPS) is 10.0. The van der Waals surface area contributed by atoms with Crippen LogP contribution in [0, 0.1) is 0 Å². The molecule has 0 aliphatic carbocycles. The summed E-state index contributed by atoms with van der Waals surface area (Å²) in [6, 6.07) is 12.1. The van der Waals surface area contributed by atoms with Gasteiger partial charge in [-0.25, -0.2) is 0 Å². The predicted molar refractivity (Wildman–Crippen MR) is 73.8 cm³/mol. The Kier molecular flexibility index (Phi) is 3.71. The summed E-state index contributed by atoms with van der Waals surface area (Å²) in [5, 5.41) is 0. The Balaban J connectivity index is 2.44. The van der Waals surface area contributed by atoms with Crippen molar-refractivity contribution in [3.8, 4) is 11.5 Å². The number of carbonyl (C=O) groups excluding carboxylic acids is 1. The molecule has 2 aromatic carbocycles. The predicted octanol–water partition coefficient (Wildman–Crippen LogP) is 2.52. The molecule has 0 aliphatic heterocycles. The summed E-state index contributed by atoms with van der Waals surface area (Å²) in [6.07, 6.45) is 0. The van der Waals surface area contributed by atoms with E-state index in [4.69, 9.17) is 15.2 Å². The monoisotopic (exact) mass is 257 g/mol. The third kappa shape index (κ3) is 2.52. The summed E-state index contributed by atoms with van der Waals surface area (Å²) in [4.78, 5) is 12.4. The van der Waals surface area contributed by atoms with Gasteiger partial charge in [0.2, 0.25) is 0 Å². The van der Waals surface area contributed by atoms with Crippen LogP contribution in [0.5, 0.6) is 11.5 Å². The SMILES string of the molecule is COc1cccc(C(=O)c2cccc(OC)c2N)c1. The van der Waals surface area contributed by atoms with Crippen molar-refractivity contribution in [1.29, 1.82) is 0 Å². The number of nitrogen functional groups attached to an aromatic ring is 1. The maximum Gasteiger partial charge on any atom is 0.195 e. The number of para-hydroxylation sites is 1. The van der Waals surface area contributed by atoms with Crippen molar-refractivity contribution in [3.05, 3.63) is 53.6 Å². The van der Waals surface area contributed by atoms with Crippen molar-refractivity contribution in [2.24, 2.45) is 0 Å². The standard InChI is InChI=1S/C15H15NO3/c1-18-11-6-3-5-10(9-11)15(17)12-7-4-8-13(19-2)14(12)16/h3-9H,16H2,1-2H3. The fourth-order valence-electron chi connectivity index (χ4n) is 1.84. The van der Waals surface area contributed by atoms with E-state index in [-0.39, 0.29) is 5.78 Å². The number of nitrogens with two attached hydrogens (primary N) is 1. The fraction of sp³-hybridized carbons (Fsp3) is 0.133. The van der Waals surface area contributed by atoms with E-state index >= 15 is 0 Å². The molecule has 0 amide bonds. The minimum absolute atomic E-state index is 0.157. The zero-order valence-corrected chi connectivity index (χ0v) is 10.8. The van der Waals surface area contributed by atoms with Gasteiger partial charge in [0.15, 0.2) is 5.78 Å². The Bertz CT molecular complexity index is 608. The number of anilines is 1. The number of ether oxygens (including phenoxy) is 2. The van der Waals surface area contributed by atoms with E-state index in [1.807, 2.05) is 0 Å². The molecule has 4 nitrogen and oxygen atoms in total. The molecule has 0 fully saturated rings. The first-order valence-corrected chi connectivity index (χ1v) is 5.78. The van der Waals surface area contributed by atoms with Crippen molar-refractivity contribution in [2.45, 2.75) is 0 Å². The van der Waals surface area contributed by atoms with Crippen LogP contribution in [-0.4, -0.2) is 20.0 Å². The van der Waals surface area contributed by atoms with E-state index in [9.17, 15) is 4.79 Å². The van der Waals surface area contributed by atoms with Crippen molar-refractivity contribution >= 4 is 11.5 Å². The van der Waals surface area contributed by atoms with Crippen LogP contribution in [0.15, 0.2) is 42.5 Å². The summed E-state index contributed by atoms with van der Waals surface area (Å²) in [6.45, 7) is 0. The molecule has 2 rings (SSSR count). The van der Waals surface area contributed by atoms with Gasteiger partial charge in [0.25, 0.3) is 0 Å². The lowest BCUT2D eigenvalue weighted by Gasteiger charge is -2.09. The van der Waals surface area contributed by atoms with Gasteiger partial charge in [-0.15, -0.1) is 0 Å². The second kappa shape index (κ2) is 5.44. The van der Waals surface area contributed by atoms with Crippen molar-refractivity contribution in [3.63, 3.8) is 0 Å².